The SMILES string of the molecule is CN(C(C)(C)CN)S(=O)(=O)C(C)(C)C. The Morgan fingerprint density at radius 2 is 1.50 bits per heavy atom. The fourth-order valence-electron chi connectivity index (χ4n) is 0.865. The van der Waals surface area contributed by atoms with Gasteiger partial charge in [0.25, 0.3) is 0 Å². The van der Waals surface area contributed by atoms with E-state index in [1.54, 1.807) is 27.8 Å². The van der Waals surface area contributed by atoms with E-state index in [0.29, 0.717) is 6.54 Å². The highest BCUT2D eigenvalue weighted by Gasteiger charge is 2.39. The Morgan fingerprint density at radius 1 is 1.14 bits per heavy atom. The number of nitrogens with two attached hydrogens (primary N) is 1. The molecule has 0 radical (unpaired) electrons. The molecule has 0 saturated heterocycles. The van der Waals surface area contributed by atoms with Gasteiger partial charge in [-0.15, -0.1) is 0 Å². The molecule has 0 aliphatic heterocycles. The first-order chi connectivity index (χ1) is 5.97. The predicted octanol–water partition coefficient (Wildman–Crippen LogP) is 0.784. The van der Waals surface area contributed by atoms with Gasteiger partial charge in [-0.25, -0.2) is 8.42 Å². The van der Waals surface area contributed by atoms with Gasteiger partial charge in [0, 0.05) is 19.1 Å². The largest absolute Gasteiger partial charge is 0.329 e. The fourth-order valence-corrected chi connectivity index (χ4v) is 2.41. The van der Waals surface area contributed by atoms with E-state index in [1.807, 2.05) is 13.8 Å². The first-order valence-corrected chi connectivity index (χ1v) is 6.09. The average molecular weight is 222 g/mol. The second kappa shape index (κ2) is 3.79. The molecule has 0 saturated carbocycles. The van der Waals surface area contributed by atoms with Gasteiger partial charge in [-0.05, 0) is 34.6 Å². The molecular formula is C9H22N2O2S. The average Bonchev–Trinajstić information content (AvgIpc) is 2.01. The van der Waals surface area contributed by atoms with Crippen molar-refractivity contribution in [3.05, 3.63) is 0 Å². The van der Waals surface area contributed by atoms with Gasteiger partial charge in [-0.3, -0.25) is 0 Å². The normalized spacial score (nSPS) is 14.9. The molecule has 0 heterocycles. The number of rotatable bonds is 3. The molecule has 0 bridgehead atoms. The van der Waals surface area contributed by atoms with Crippen molar-refractivity contribution in [1.82, 2.24) is 4.31 Å². The zero-order chi connectivity index (χ0) is 11.8. The van der Waals surface area contributed by atoms with Crippen LogP contribution >= 0.6 is 0 Å². The van der Waals surface area contributed by atoms with E-state index in [9.17, 15) is 8.42 Å². The van der Waals surface area contributed by atoms with Crippen LogP contribution in [-0.4, -0.2) is 36.6 Å². The van der Waals surface area contributed by atoms with Crippen LogP contribution in [0, 0.1) is 0 Å². The Balaban J connectivity index is 5.16. The maximum atomic E-state index is 12.0. The molecule has 0 unspecified atom stereocenters. The minimum atomic E-state index is -3.29. The van der Waals surface area contributed by atoms with Gasteiger partial charge in [-0.2, -0.15) is 4.31 Å². The Morgan fingerprint density at radius 3 is 1.71 bits per heavy atom. The standard InChI is InChI=1S/C9H22N2O2S/c1-8(2,3)14(12,13)11(6)9(4,5)7-10/h7,10H2,1-6H3. The lowest BCUT2D eigenvalue weighted by Gasteiger charge is -2.37. The Bertz CT molecular complexity index is 288. The van der Waals surface area contributed by atoms with Crippen molar-refractivity contribution in [3.63, 3.8) is 0 Å². The molecule has 0 spiro atoms. The van der Waals surface area contributed by atoms with Crippen LogP contribution in [0.25, 0.3) is 0 Å². The van der Waals surface area contributed by atoms with E-state index in [-0.39, 0.29) is 0 Å². The van der Waals surface area contributed by atoms with Gasteiger partial charge < -0.3 is 5.73 Å². The summed E-state index contributed by atoms with van der Waals surface area (Å²) < 4.78 is 24.6. The molecule has 0 rings (SSSR count). The Hall–Kier alpha value is -0.130. The summed E-state index contributed by atoms with van der Waals surface area (Å²) in [4.78, 5) is 0. The van der Waals surface area contributed by atoms with E-state index in [0.717, 1.165) is 0 Å². The summed E-state index contributed by atoms with van der Waals surface area (Å²) in [7, 11) is -1.72. The molecule has 86 valence electrons. The molecule has 0 aliphatic carbocycles. The van der Waals surface area contributed by atoms with E-state index < -0.39 is 20.3 Å². The van der Waals surface area contributed by atoms with Crippen molar-refractivity contribution in [2.24, 2.45) is 5.73 Å². The summed E-state index contributed by atoms with van der Waals surface area (Å²) in [6.45, 7) is 8.99. The van der Waals surface area contributed by atoms with Gasteiger partial charge in [-0.1, -0.05) is 0 Å². The number of hydrogen-bond acceptors (Lipinski definition) is 3. The third-order valence-corrected chi connectivity index (χ3v) is 5.25. The first kappa shape index (κ1) is 13.9. The first-order valence-electron chi connectivity index (χ1n) is 4.65. The third-order valence-electron chi connectivity index (χ3n) is 2.49. The lowest BCUT2D eigenvalue weighted by molar-refractivity contribution is 0.267. The molecule has 14 heavy (non-hydrogen) atoms. The molecule has 0 amide bonds. The number of nitrogens with zero attached hydrogens (tertiary/aromatic N) is 1. The van der Waals surface area contributed by atoms with Crippen LogP contribution in [0.3, 0.4) is 0 Å². The number of hydrogen-bond donors (Lipinski definition) is 1. The summed E-state index contributed by atoms with van der Waals surface area (Å²) in [6, 6.07) is 0. The molecule has 0 aliphatic rings. The van der Waals surface area contributed by atoms with Crippen molar-refractivity contribution in [2.45, 2.75) is 44.9 Å². The molecule has 4 nitrogen and oxygen atoms in total. The predicted molar refractivity (Wildman–Crippen MR) is 59.6 cm³/mol. The van der Waals surface area contributed by atoms with E-state index in [4.69, 9.17) is 5.73 Å². The molecule has 0 aromatic rings. The Labute approximate surface area is 87.5 Å². The number of likely N-dealkylation sites (N-methyl/N-ethyl adjacent to an activating group) is 1. The highest BCUT2D eigenvalue weighted by molar-refractivity contribution is 7.90. The lowest BCUT2D eigenvalue weighted by atomic mass is 10.1. The van der Waals surface area contributed by atoms with Crippen LogP contribution in [0.2, 0.25) is 0 Å². The van der Waals surface area contributed by atoms with Crippen LogP contribution in [0.5, 0.6) is 0 Å². The van der Waals surface area contributed by atoms with E-state index in [1.165, 1.54) is 4.31 Å². The van der Waals surface area contributed by atoms with Gasteiger partial charge in [0.15, 0.2) is 0 Å². The van der Waals surface area contributed by atoms with Crippen LogP contribution in [-0.2, 0) is 10.0 Å². The molecule has 0 fully saturated rings. The highest BCUT2D eigenvalue weighted by atomic mass is 32.2. The Kier molecular flexibility index (Phi) is 3.76. The quantitative estimate of drug-likeness (QED) is 0.767. The topological polar surface area (TPSA) is 63.4 Å². The monoisotopic (exact) mass is 222 g/mol. The highest BCUT2D eigenvalue weighted by Crippen LogP contribution is 2.24. The lowest BCUT2D eigenvalue weighted by Crippen LogP contribution is -2.54. The maximum absolute atomic E-state index is 12.0. The summed E-state index contributed by atoms with van der Waals surface area (Å²) >= 11 is 0. The van der Waals surface area contributed by atoms with Crippen LogP contribution in [0.1, 0.15) is 34.6 Å². The van der Waals surface area contributed by atoms with Crippen molar-refractivity contribution < 1.29 is 8.42 Å². The summed E-state index contributed by atoms with van der Waals surface area (Å²) in [5, 5.41) is 0. The molecule has 2 N–H and O–H groups in total. The van der Waals surface area contributed by atoms with Gasteiger partial charge in [0.05, 0.1) is 4.75 Å². The smallest absolute Gasteiger partial charge is 0.219 e. The molecule has 0 aromatic heterocycles. The second-order valence-corrected chi connectivity index (χ2v) is 7.82. The maximum Gasteiger partial charge on any atom is 0.219 e. The van der Waals surface area contributed by atoms with Crippen LogP contribution < -0.4 is 5.73 Å². The van der Waals surface area contributed by atoms with E-state index in [2.05, 4.69) is 0 Å². The summed E-state index contributed by atoms with van der Waals surface area (Å²) in [6.07, 6.45) is 0. The van der Waals surface area contributed by atoms with Crippen LogP contribution in [0.15, 0.2) is 0 Å². The molecule has 0 aromatic carbocycles. The van der Waals surface area contributed by atoms with Gasteiger partial charge >= 0.3 is 0 Å². The molecular weight excluding hydrogens is 200 g/mol. The summed E-state index contributed by atoms with van der Waals surface area (Å²) in [5.41, 5.74) is 5.01. The van der Waals surface area contributed by atoms with E-state index >= 15 is 0 Å². The minimum absolute atomic E-state index is 0.304. The zero-order valence-corrected chi connectivity index (χ0v) is 10.8. The second-order valence-electron chi connectivity index (χ2n) is 5.10. The number of sulfonamides is 1. The fraction of sp³-hybridized carbons (Fsp3) is 1.00. The van der Waals surface area contributed by atoms with Gasteiger partial charge in [0.2, 0.25) is 10.0 Å². The van der Waals surface area contributed by atoms with Gasteiger partial charge in [0.1, 0.15) is 0 Å². The van der Waals surface area contributed by atoms with Crippen molar-refractivity contribution >= 4 is 10.0 Å². The van der Waals surface area contributed by atoms with Crippen molar-refractivity contribution in [1.29, 1.82) is 0 Å². The molecule has 0 atom stereocenters. The minimum Gasteiger partial charge on any atom is -0.329 e. The van der Waals surface area contributed by atoms with Crippen molar-refractivity contribution in [2.75, 3.05) is 13.6 Å². The molecule has 5 heteroatoms. The van der Waals surface area contributed by atoms with Crippen molar-refractivity contribution in [3.8, 4) is 0 Å². The zero-order valence-electron chi connectivity index (χ0n) is 9.96. The third kappa shape index (κ3) is 2.46. The summed E-state index contributed by atoms with van der Waals surface area (Å²) in [5.74, 6) is 0. The van der Waals surface area contributed by atoms with Crippen LogP contribution in [0.4, 0.5) is 0 Å².